The van der Waals surface area contributed by atoms with Crippen molar-refractivity contribution >= 4 is 17.6 Å². The van der Waals surface area contributed by atoms with Gasteiger partial charge in [-0.3, -0.25) is 4.57 Å². The second kappa shape index (κ2) is 4.69. The van der Waals surface area contributed by atoms with Crippen molar-refractivity contribution in [2.24, 2.45) is 0 Å². The Bertz CT molecular complexity index is 659. The predicted molar refractivity (Wildman–Crippen MR) is 71.1 cm³/mol. The molecular weight excluding hydrogens is 264 g/mol. The molecule has 0 saturated heterocycles. The topological polar surface area (TPSA) is 102 Å². The summed E-state index contributed by atoms with van der Waals surface area (Å²) in [7, 11) is 0. The molecule has 0 amide bonds. The molecule has 1 saturated carbocycles. The molecule has 2 aromatic heterocycles. The van der Waals surface area contributed by atoms with Crippen LogP contribution in [0.3, 0.4) is 0 Å². The van der Waals surface area contributed by atoms with Gasteiger partial charge in [0.1, 0.15) is 16.7 Å². The van der Waals surface area contributed by atoms with Gasteiger partial charge in [0.05, 0.1) is 0 Å². The highest BCUT2D eigenvalue weighted by Gasteiger charge is 2.28. The lowest BCUT2D eigenvalue weighted by molar-refractivity contribution is 0.642. The van der Waals surface area contributed by atoms with E-state index in [4.69, 9.17) is 5.73 Å². The first-order chi connectivity index (χ1) is 9.17. The Morgan fingerprint density at radius 1 is 1.53 bits per heavy atom. The molecule has 2 heterocycles. The number of aryl methyl sites for hydroxylation is 1. The standard InChI is InChI=1S/C11H14N6OS/c1-2-8-13-7(12)5-9(14-8)19-11-16-15-10(18)17(11)6-3-4-6/h5-6H,2-4H2,1H3,(H,15,18)(H2,12,13,14). The molecule has 0 spiro atoms. The van der Waals surface area contributed by atoms with Crippen LogP contribution in [-0.4, -0.2) is 24.7 Å². The smallest absolute Gasteiger partial charge is 0.344 e. The fraction of sp³-hybridized carbons (Fsp3) is 0.455. The Kier molecular flexibility index (Phi) is 3.02. The molecule has 1 aliphatic carbocycles. The number of hydrogen-bond donors (Lipinski definition) is 2. The number of nitrogens with two attached hydrogens (primary N) is 1. The maximum Gasteiger partial charge on any atom is 0.344 e. The summed E-state index contributed by atoms with van der Waals surface area (Å²) in [6, 6.07) is 1.97. The monoisotopic (exact) mass is 278 g/mol. The number of rotatable bonds is 4. The third kappa shape index (κ3) is 2.48. The Morgan fingerprint density at radius 2 is 2.32 bits per heavy atom. The molecule has 100 valence electrons. The maximum absolute atomic E-state index is 11.7. The molecule has 0 radical (unpaired) electrons. The number of H-pyrrole nitrogens is 1. The molecule has 1 aliphatic rings. The molecule has 8 heteroatoms. The largest absolute Gasteiger partial charge is 0.384 e. The Morgan fingerprint density at radius 3 is 3.00 bits per heavy atom. The molecule has 0 unspecified atom stereocenters. The summed E-state index contributed by atoms with van der Waals surface area (Å²) in [5.74, 6) is 1.13. The zero-order valence-electron chi connectivity index (χ0n) is 10.5. The third-order valence-corrected chi connectivity index (χ3v) is 3.75. The first kappa shape index (κ1) is 12.2. The lowest BCUT2D eigenvalue weighted by atomic mass is 10.4. The number of aromatic nitrogens is 5. The summed E-state index contributed by atoms with van der Waals surface area (Å²) in [6.45, 7) is 1.97. The molecule has 0 aliphatic heterocycles. The van der Waals surface area contributed by atoms with E-state index in [1.807, 2.05) is 6.92 Å². The van der Waals surface area contributed by atoms with Crippen molar-refractivity contribution in [2.75, 3.05) is 5.73 Å². The summed E-state index contributed by atoms with van der Waals surface area (Å²) < 4.78 is 1.69. The van der Waals surface area contributed by atoms with Crippen molar-refractivity contribution in [1.29, 1.82) is 0 Å². The zero-order chi connectivity index (χ0) is 13.4. The van der Waals surface area contributed by atoms with Crippen LogP contribution in [0.1, 0.15) is 31.6 Å². The van der Waals surface area contributed by atoms with Gasteiger partial charge in [0.15, 0.2) is 5.16 Å². The number of aromatic amines is 1. The molecule has 3 N–H and O–H groups in total. The number of nitrogens with one attached hydrogen (secondary N) is 1. The van der Waals surface area contributed by atoms with E-state index in [1.165, 1.54) is 11.8 Å². The van der Waals surface area contributed by atoms with E-state index in [0.29, 0.717) is 28.2 Å². The molecule has 0 bridgehead atoms. The lowest BCUT2D eigenvalue weighted by Crippen LogP contribution is -2.16. The van der Waals surface area contributed by atoms with Crippen LogP contribution in [0.4, 0.5) is 5.82 Å². The molecule has 19 heavy (non-hydrogen) atoms. The van der Waals surface area contributed by atoms with Crippen LogP contribution in [0.5, 0.6) is 0 Å². The zero-order valence-corrected chi connectivity index (χ0v) is 11.3. The second-order valence-electron chi connectivity index (χ2n) is 4.42. The first-order valence-corrected chi connectivity index (χ1v) is 6.97. The van der Waals surface area contributed by atoms with Crippen LogP contribution in [0.25, 0.3) is 0 Å². The van der Waals surface area contributed by atoms with E-state index < -0.39 is 0 Å². The average Bonchev–Trinajstić information content (AvgIpc) is 3.14. The van der Waals surface area contributed by atoms with Gasteiger partial charge in [-0.1, -0.05) is 6.92 Å². The van der Waals surface area contributed by atoms with Crippen LogP contribution in [0, 0.1) is 0 Å². The number of hydrogen-bond acceptors (Lipinski definition) is 6. The second-order valence-corrected chi connectivity index (χ2v) is 5.40. The highest BCUT2D eigenvalue weighted by atomic mass is 32.2. The van der Waals surface area contributed by atoms with Crippen molar-refractivity contribution in [1.82, 2.24) is 24.7 Å². The summed E-state index contributed by atoms with van der Waals surface area (Å²) >= 11 is 1.34. The summed E-state index contributed by atoms with van der Waals surface area (Å²) in [5.41, 5.74) is 5.58. The van der Waals surface area contributed by atoms with Crippen LogP contribution < -0.4 is 11.4 Å². The van der Waals surface area contributed by atoms with Crippen LogP contribution in [0.2, 0.25) is 0 Å². The summed E-state index contributed by atoms with van der Waals surface area (Å²) in [6.07, 6.45) is 2.77. The van der Waals surface area contributed by atoms with Crippen molar-refractivity contribution in [3.05, 3.63) is 22.4 Å². The Hall–Kier alpha value is -1.83. The highest BCUT2D eigenvalue weighted by Crippen LogP contribution is 2.37. The minimum Gasteiger partial charge on any atom is -0.384 e. The minimum atomic E-state index is -0.164. The van der Waals surface area contributed by atoms with Gasteiger partial charge in [0, 0.05) is 18.5 Å². The predicted octanol–water partition coefficient (Wildman–Crippen LogP) is 0.992. The van der Waals surface area contributed by atoms with Crippen molar-refractivity contribution in [3.8, 4) is 0 Å². The maximum atomic E-state index is 11.7. The molecule has 1 fully saturated rings. The molecule has 2 aromatic rings. The third-order valence-electron chi connectivity index (χ3n) is 2.86. The number of nitrogen functional groups attached to an aromatic ring is 1. The normalized spacial score (nSPS) is 14.8. The lowest BCUT2D eigenvalue weighted by Gasteiger charge is -2.05. The quantitative estimate of drug-likeness (QED) is 0.809. The van der Waals surface area contributed by atoms with Crippen molar-refractivity contribution in [2.45, 2.75) is 42.4 Å². The fourth-order valence-electron chi connectivity index (χ4n) is 1.81. The molecule has 0 atom stereocenters. The van der Waals surface area contributed by atoms with Crippen LogP contribution >= 0.6 is 11.8 Å². The van der Waals surface area contributed by atoms with Gasteiger partial charge < -0.3 is 5.73 Å². The van der Waals surface area contributed by atoms with Gasteiger partial charge in [0.25, 0.3) is 0 Å². The number of nitrogens with zero attached hydrogens (tertiary/aromatic N) is 4. The Labute approximate surface area is 113 Å². The van der Waals surface area contributed by atoms with E-state index >= 15 is 0 Å². The molecule has 3 rings (SSSR count). The first-order valence-electron chi connectivity index (χ1n) is 6.15. The van der Waals surface area contributed by atoms with E-state index in [-0.39, 0.29) is 11.7 Å². The van der Waals surface area contributed by atoms with Gasteiger partial charge >= 0.3 is 5.69 Å². The van der Waals surface area contributed by atoms with Crippen molar-refractivity contribution in [3.63, 3.8) is 0 Å². The molecule has 7 nitrogen and oxygen atoms in total. The van der Waals surface area contributed by atoms with Gasteiger partial charge in [-0.2, -0.15) is 0 Å². The Balaban J connectivity index is 1.93. The van der Waals surface area contributed by atoms with Gasteiger partial charge in [-0.15, -0.1) is 5.10 Å². The summed E-state index contributed by atoms with van der Waals surface area (Å²) in [5, 5.41) is 7.87. The van der Waals surface area contributed by atoms with E-state index in [0.717, 1.165) is 12.8 Å². The van der Waals surface area contributed by atoms with E-state index in [9.17, 15) is 4.79 Å². The van der Waals surface area contributed by atoms with Gasteiger partial charge in [0.2, 0.25) is 0 Å². The van der Waals surface area contributed by atoms with E-state index in [2.05, 4.69) is 20.2 Å². The molecular formula is C11H14N6OS. The van der Waals surface area contributed by atoms with Gasteiger partial charge in [-0.05, 0) is 24.6 Å². The highest BCUT2D eigenvalue weighted by molar-refractivity contribution is 7.99. The summed E-state index contributed by atoms with van der Waals surface area (Å²) in [4.78, 5) is 20.2. The molecule has 0 aromatic carbocycles. The van der Waals surface area contributed by atoms with Gasteiger partial charge in [-0.25, -0.2) is 19.9 Å². The minimum absolute atomic E-state index is 0.164. The van der Waals surface area contributed by atoms with Crippen LogP contribution in [0.15, 0.2) is 21.0 Å². The van der Waals surface area contributed by atoms with Crippen LogP contribution in [-0.2, 0) is 6.42 Å². The van der Waals surface area contributed by atoms with E-state index in [1.54, 1.807) is 10.6 Å². The number of anilines is 1. The average molecular weight is 278 g/mol. The fourth-order valence-corrected chi connectivity index (χ4v) is 2.75. The van der Waals surface area contributed by atoms with Crippen molar-refractivity contribution < 1.29 is 0 Å². The SMILES string of the molecule is CCc1nc(N)cc(Sc2n[nH]c(=O)n2C2CC2)n1.